The third kappa shape index (κ3) is 3.78. The van der Waals surface area contributed by atoms with Crippen molar-refractivity contribution >= 4 is 5.91 Å². The summed E-state index contributed by atoms with van der Waals surface area (Å²) in [6, 6.07) is 0.445. The largest absolute Gasteiger partial charge is 0.353 e. The summed E-state index contributed by atoms with van der Waals surface area (Å²) in [4.78, 5) is 11.6. The van der Waals surface area contributed by atoms with Crippen LogP contribution in [-0.2, 0) is 4.79 Å². The fraction of sp³-hybridized carbons (Fsp3) is 0.923. The van der Waals surface area contributed by atoms with Crippen molar-refractivity contribution in [2.75, 3.05) is 6.54 Å². The molecule has 16 heavy (non-hydrogen) atoms. The van der Waals surface area contributed by atoms with Gasteiger partial charge in [-0.05, 0) is 63.3 Å². The molecule has 0 atom stereocenters. The lowest BCUT2D eigenvalue weighted by atomic mass is 9.84. The van der Waals surface area contributed by atoms with E-state index in [0.29, 0.717) is 12.0 Å². The van der Waals surface area contributed by atoms with Crippen LogP contribution in [0.5, 0.6) is 0 Å². The Bertz CT molecular complexity index is 230. The van der Waals surface area contributed by atoms with Crippen LogP contribution in [0.1, 0.15) is 51.4 Å². The molecule has 3 heteroatoms. The van der Waals surface area contributed by atoms with E-state index < -0.39 is 0 Å². The van der Waals surface area contributed by atoms with Crippen LogP contribution in [0.25, 0.3) is 0 Å². The minimum absolute atomic E-state index is 0.282. The van der Waals surface area contributed by atoms with Crippen LogP contribution in [0.4, 0.5) is 0 Å². The number of hydrogen-bond acceptors (Lipinski definition) is 2. The molecule has 2 saturated carbocycles. The van der Waals surface area contributed by atoms with Gasteiger partial charge in [-0.2, -0.15) is 0 Å². The van der Waals surface area contributed by atoms with E-state index >= 15 is 0 Å². The molecule has 2 aliphatic rings. The smallest absolute Gasteiger partial charge is 0.220 e. The van der Waals surface area contributed by atoms with Gasteiger partial charge in [0.05, 0.1) is 0 Å². The van der Waals surface area contributed by atoms with Crippen LogP contribution in [0.3, 0.4) is 0 Å². The van der Waals surface area contributed by atoms with Gasteiger partial charge in [0.2, 0.25) is 5.91 Å². The molecule has 0 heterocycles. The summed E-state index contributed by atoms with van der Waals surface area (Å²) in [6.07, 6.45) is 9.23. The Kier molecular flexibility index (Phi) is 4.22. The molecule has 92 valence electrons. The number of carbonyl (C=O) groups excluding carboxylic acids is 1. The van der Waals surface area contributed by atoms with Gasteiger partial charge >= 0.3 is 0 Å². The van der Waals surface area contributed by atoms with Gasteiger partial charge in [-0.15, -0.1) is 0 Å². The van der Waals surface area contributed by atoms with Gasteiger partial charge in [-0.25, -0.2) is 0 Å². The number of hydrogen-bond donors (Lipinski definition) is 2. The Morgan fingerprint density at radius 3 is 2.25 bits per heavy atom. The van der Waals surface area contributed by atoms with E-state index in [9.17, 15) is 4.79 Å². The first-order chi connectivity index (χ1) is 7.78. The van der Waals surface area contributed by atoms with E-state index in [1.54, 1.807) is 0 Å². The predicted molar refractivity (Wildman–Crippen MR) is 64.9 cm³/mol. The predicted octanol–water partition coefficient (Wildman–Crippen LogP) is 1.81. The molecule has 1 amide bonds. The molecular weight excluding hydrogens is 200 g/mol. The molecule has 0 unspecified atom stereocenters. The molecule has 0 bridgehead atoms. The van der Waals surface area contributed by atoms with Crippen molar-refractivity contribution in [1.29, 1.82) is 0 Å². The average molecular weight is 224 g/mol. The molecule has 3 N–H and O–H groups in total. The maximum Gasteiger partial charge on any atom is 0.220 e. The second-order valence-corrected chi connectivity index (χ2v) is 5.51. The van der Waals surface area contributed by atoms with Gasteiger partial charge in [0.25, 0.3) is 0 Å². The van der Waals surface area contributed by atoms with Crippen molar-refractivity contribution in [3.8, 4) is 0 Å². The Balaban J connectivity index is 1.62. The van der Waals surface area contributed by atoms with Gasteiger partial charge in [-0.1, -0.05) is 0 Å². The summed E-state index contributed by atoms with van der Waals surface area (Å²) < 4.78 is 0. The molecule has 0 saturated heterocycles. The van der Waals surface area contributed by atoms with Gasteiger partial charge < -0.3 is 11.1 Å². The highest BCUT2D eigenvalue weighted by Crippen LogP contribution is 2.32. The minimum Gasteiger partial charge on any atom is -0.353 e. The van der Waals surface area contributed by atoms with Crippen molar-refractivity contribution in [2.24, 2.45) is 17.6 Å². The number of amides is 1. The van der Waals surface area contributed by atoms with Crippen molar-refractivity contribution in [3.63, 3.8) is 0 Å². The molecule has 2 rings (SSSR count). The van der Waals surface area contributed by atoms with Crippen LogP contribution in [0.15, 0.2) is 0 Å². The summed E-state index contributed by atoms with van der Waals surface area (Å²) >= 11 is 0. The van der Waals surface area contributed by atoms with E-state index in [2.05, 4.69) is 5.32 Å². The zero-order valence-electron chi connectivity index (χ0n) is 10.1. The SMILES string of the molecule is NCC[C@H]1CC[C@H](NC(=O)CC2CC2)CC1. The Morgan fingerprint density at radius 1 is 1.06 bits per heavy atom. The lowest BCUT2D eigenvalue weighted by molar-refractivity contribution is -0.122. The molecular formula is C13H24N2O. The molecule has 0 spiro atoms. The highest BCUT2D eigenvalue weighted by Gasteiger charge is 2.26. The van der Waals surface area contributed by atoms with Crippen LogP contribution < -0.4 is 11.1 Å². The number of carbonyl (C=O) groups is 1. The second kappa shape index (κ2) is 5.67. The fourth-order valence-electron chi connectivity index (χ4n) is 2.70. The zero-order valence-corrected chi connectivity index (χ0v) is 10.1. The quantitative estimate of drug-likeness (QED) is 0.748. The Morgan fingerprint density at radius 2 is 1.69 bits per heavy atom. The third-order valence-corrected chi connectivity index (χ3v) is 3.96. The van der Waals surface area contributed by atoms with E-state index in [1.165, 1.54) is 25.7 Å². The summed E-state index contributed by atoms with van der Waals surface area (Å²) in [5.41, 5.74) is 5.57. The normalized spacial score (nSPS) is 30.1. The minimum atomic E-state index is 0.282. The summed E-state index contributed by atoms with van der Waals surface area (Å²) in [7, 11) is 0. The third-order valence-electron chi connectivity index (χ3n) is 3.96. The van der Waals surface area contributed by atoms with Crippen molar-refractivity contribution in [3.05, 3.63) is 0 Å². The molecule has 0 aromatic rings. The summed E-state index contributed by atoms with van der Waals surface area (Å²) in [6.45, 7) is 0.809. The monoisotopic (exact) mass is 224 g/mol. The number of nitrogens with one attached hydrogen (secondary N) is 1. The van der Waals surface area contributed by atoms with Crippen molar-refractivity contribution in [1.82, 2.24) is 5.32 Å². The van der Waals surface area contributed by atoms with E-state index in [4.69, 9.17) is 5.73 Å². The topological polar surface area (TPSA) is 55.1 Å². The average Bonchev–Trinajstić information content (AvgIpc) is 3.05. The van der Waals surface area contributed by atoms with Gasteiger partial charge in [0.1, 0.15) is 0 Å². The van der Waals surface area contributed by atoms with Crippen LogP contribution >= 0.6 is 0 Å². The summed E-state index contributed by atoms with van der Waals surface area (Å²) in [5.74, 6) is 1.79. The highest BCUT2D eigenvalue weighted by molar-refractivity contribution is 5.76. The molecule has 0 radical (unpaired) electrons. The highest BCUT2D eigenvalue weighted by atomic mass is 16.1. The first-order valence-corrected chi connectivity index (χ1v) is 6.77. The molecule has 3 nitrogen and oxygen atoms in total. The molecule has 2 aliphatic carbocycles. The Labute approximate surface area is 98.2 Å². The molecule has 2 fully saturated rings. The van der Waals surface area contributed by atoms with Crippen LogP contribution in [0, 0.1) is 11.8 Å². The summed E-state index contributed by atoms with van der Waals surface area (Å²) in [5, 5.41) is 3.18. The zero-order chi connectivity index (χ0) is 11.4. The van der Waals surface area contributed by atoms with Crippen LogP contribution in [0.2, 0.25) is 0 Å². The maximum atomic E-state index is 11.6. The van der Waals surface area contributed by atoms with Gasteiger partial charge in [-0.3, -0.25) is 4.79 Å². The Hall–Kier alpha value is -0.570. The molecule has 0 aromatic heterocycles. The van der Waals surface area contributed by atoms with Crippen molar-refractivity contribution in [2.45, 2.75) is 57.4 Å². The van der Waals surface area contributed by atoms with Crippen LogP contribution in [-0.4, -0.2) is 18.5 Å². The van der Waals surface area contributed by atoms with Gasteiger partial charge in [0, 0.05) is 12.5 Å². The first kappa shape index (κ1) is 11.9. The lowest BCUT2D eigenvalue weighted by Crippen LogP contribution is -2.37. The number of rotatable bonds is 5. The molecule has 0 aromatic carbocycles. The fourth-order valence-corrected chi connectivity index (χ4v) is 2.70. The van der Waals surface area contributed by atoms with E-state index in [1.807, 2.05) is 0 Å². The maximum absolute atomic E-state index is 11.6. The van der Waals surface area contributed by atoms with E-state index in [0.717, 1.165) is 38.1 Å². The first-order valence-electron chi connectivity index (χ1n) is 6.77. The molecule has 0 aliphatic heterocycles. The van der Waals surface area contributed by atoms with Gasteiger partial charge in [0.15, 0.2) is 0 Å². The number of nitrogens with two attached hydrogens (primary N) is 1. The van der Waals surface area contributed by atoms with E-state index in [-0.39, 0.29) is 5.91 Å². The van der Waals surface area contributed by atoms with Crippen molar-refractivity contribution < 1.29 is 4.79 Å². The second-order valence-electron chi connectivity index (χ2n) is 5.51. The standard InChI is InChI=1S/C13H24N2O/c14-8-7-10-3-5-12(6-4-10)15-13(16)9-11-1-2-11/h10-12H,1-9,14H2,(H,15,16)/t10-,12-. The lowest BCUT2D eigenvalue weighted by Gasteiger charge is -2.28.